The minimum atomic E-state index is -0.786. The molecule has 0 aliphatic heterocycles. The standard InChI is InChI=1S/C21H26N4O3/c1-4-15-10-8-9-13-17(15)23-18(26)14-25(3)19(16-11-6-5-7-12-16)20(27)24-21(28)22-2/h5-13,19H,4,14H2,1-3H3,(H,23,26)(H2,22,24,27,28)/t19-/m0/s1. The normalized spacial score (nSPS) is 11.6. The molecule has 2 aromatic carbocycles. The van der Waals surface area contributed by atoms with Gasteiger partial charge in [0.05, 0.1) is 6.54 Å². The van der Waals surface area contributed by atoms with E-state index < -0.39 is 18.0 Å². The zero-order chi connectivity index (χ0) is 20.5. The highest BCUT2D eigenvalue weighted by Gasteiger charge is 2.27. The third-order valence-corrected chi connectivity index (χ3v) is 4.33. The zero-order valence-electron chi connectivity index (χ0n) is 16.4. The fraction of sp³-hybridized carbons (Fsp3) is 0.286. The average Bonchev–Trinajstić information content (AvgIpc) is 2.69. The maximum absolute atomic E-state index is 12.6. The predicted molar refractivity (Wildman–Crippen MR) is 109 cm³/mol. The Labute approximate surface area is 165 Å². The summed E-state index contributed by atoms with van der Waals surface area (Å²) in [6.07, 6.45) is 0.799. The first-order valence-corrected chi connectivity index (χ1v) is 9.11. The van der Waals surface area contributed by atoms with Gasteiger partial charge in [-0.2, -0.15) is 0 Å². The number of hydrogen-bond acceptors (Lipinski definition) is 4. The van der Waals surface area contributed by atoms with Crippen molar-refractivity contribution in [2.45, 2.75) is 19.4 Å². The van der Waals surface area contributed by atoms with Gasteiger partial charge in [0.2, 0.25) is 11.8 Å². The molecule has 2 rings (SSSR count). The third-order valence-electron chi connectivity index (χ3n) is 4.33. The van der Waals surface area contributed by atoms with E-state index in [2.05, 4.69) is 16.0 Å². The fourth-order valence-corrected chi connectivity index (χ4v) is 2.94. The highest BCUT2D eigenvalue weighted by molar-refractivity contribution is 5.98. The van der Waals surface area contributed by atoms with Crippen molar-refractivity contribution < 1.29 is 14.4 Å². The van der Waals surface area contributed by atoms with Crippen LogP contribution in [0.25, 0.3) is 0 Å². The lowest BCUT2D eigenvalue weighted by molar-refractivity contribution is -0.126. The van der Waals surface area contributed by atoms with Crippen LogP contribution in [0.3, 0.4) is 0 Å². The Bertz CT molecular complexity index is 823. The Balaban J connectivity index is 2.15. The van der Waals surface area contributed by atoms with E-state index in [-0.39, 0.29) is 12.5 Å². The van der Waals surface area contributed by atoms with Gasteiger partial charge in [-0.05, 0) is 30.7 Å². The van der Waals surface area contributed by atoms with Crippen molar-refractivity contribution in [1.82, 2.24) is 15.5 Å². The van der Waals surface area contributed by atoms with Crippen LogP contribution in [0.2, 0.25) is 0 Å². The first-order chi connectivity index (χ1) is 13.5. The van der Waals surface area contributed by atoms with Gasteiger partial charge < -0.3 is 10.6 Å². The summed E-state index contributed by atoms with van der Waals surface area (Å²) in [7, 11) is 3.11. The van der Waals surface area contributed by atoms with Crippen LogP contribution in [-0.4, -0.2) is 43.4 Å². The van der Waals surface area contributed by atoms with Gasteiger partial charge in [-0.3, -0.25) is 19.8 Å². The number of benzene rings is 2. The number of imide groups is 1. The highest BCUT2D eigenvalue weighted by atomic mass is 16.2. The molecule has 0 spiro atoms. The number of anilines is 1. The molecule has 3 N–H and O–H groups in total. The number of carbonyl (C=O) groups is 3. The van der Waals surface area contributed by atoms with E-state index in [0.29, 0.717) is 5.56 Å². The van der Waals surface area contributed by atoms with E-state index in [1.54, 1.807) is 36.2 Å². The molecule has 0 saturated carbocycles. The number of likely N-dealkylation sites (N-methyl/N-ethyl adjacent to an activating group) is 1. The van der Waals surface area contributed by atoms with Crippen LogP contribution in [0.5, 0.6) is 0 Å². The van der Waals surface area contributed by atoms with Crippen LogP contribution in [0.4, 0.5) is 10.5 Å². The molecule has 0 fully saturated rings. The molecule has 0 heterocycles. The van der Waals surface area contributed by atoms with Crippen LogP contribution in [0.1, 0.15) is 24.1 Å². The van der Waals surface area contributed by atoms with Crippen molar-refractivity contribution >= 4 is 23.5 Å². The lowest BCUT2D eigenvalue weighted by Gasteiger charge is -2.26. The van der Waals surface area contributed by atoms with Crippen molar-refractivity contribution in [2.24, 2.45) is 0 Å². The number of para-hydroxylation sites is 1. The predicted octanol–water partition coefficient (Wildman–Crippen LogP) is 2.32. The molecule has 0 aromatic heterocycles. The van der Waals surface area contributed by atoms with E-state index in [0.717, 1.165) is 17.7 Å². The monoisotopic (exact) mass is 382 g/mol. The molecule has 1 atom stereocenters. The maximum Gasteiger partial charge on any atom is 0.321 e. The minimum Gasteiger partial charge on any atom is -0.341 e. The van der Waals surface area contributed by atoms with Gasteiger partial charge in [0.1, 0.15) is 6.04 Å². The van der Waals surface area contributed by atoms with Crippen LogP contribution < -0.4 is 16.0 Å². The largest absolute Gasteiger partial charge is 0.341 e. The average molecular weight is 382 g/mol. The van der Waals surface area contributed by atoms with Crippen molar-refractivity contribution in [3.8, 4) is 0 Å². The van der Waals surface area contributed by atoms with E-state index in [4.69, 9.17) is 0 Å². The summed E-state index contributed by atoms with van der Waals surface area (Å²) < 4.78 is 0. The summed E-state index contributed by atoms with van der Waals surface area (Å²) in [5, 5.41) is 7.54. The molecule has 0 saturated heterocycles. The van der Waals surface area contributed by atoms with Crippen LogP contribution in [0, 0.1) is 0 Å². The first kappa shape index (κ1) is 21.1. The van der Waals surface area contributed by atoms with Crippen molar-refractivity contribution in [2.75, 3.05) is 26.0 Å². The second-order valence-corrected chi connectivity index (χ2v) is 6.36. The summed E-state index contributed by atoms with van der Waals surface area (Å²) in [4.78, 5) is 38.4. The molecule has 0 aliphatic rings. The summed E-state index contributed by atoms with van der Waals surface area (Å²) >= 11 is 0. The molecule has 0 unspecified atom stereocenters. The Morgan fingerprint density at radius 1 is 1.00 bits per heavy atom. The quantitative estimate of drug-likeness (QED) is 0.685. The number of carbonyl (C=O) groups excluding carboxylic acids is 3. The Morgan fingerprint density at radius 2 is 1.64 bits per heavy atom. The molecule has 0 radical (unpaired) electrons. The van der Waals surface area contributed by atoms with Gasteiger partial charge in [0.25, 0.3) is 0 Å². The summed E-state index contributed by atoms with van der Waals surface area (Å²) in [6, 6.07) is 15.2. The zero-order valence-corrected chi connectivity index (χ0v) is 16.4. The Hall–Kier alpha value is -3.19. The van der Waals surface area contributed by atoms with Gasteiger partial charge in [0, 0.05) is 12.7 Å². The van der Waals surface area contributed by atoms with Gasteiger partial charge in [-0.15, -0.1) is 0 Å². The lowest BCUT2D eigenvalue weighted by atomic mass is 10.0. The van der Waals surface area contributed by atoms with Crippen LogP contribution in [-0.2, 0) is 16.0 Å². The Morgan fingerprint density at radius 3 is 2.29 bits per heavy atom. The van der Waals surface area contributed by atoms with Crippen molar-refractivity contribution in [3.63, 3.8) is 0 Å². The van der Waals surface area contributed by atoms with Gasteiger partial charge in [-0.25, -0.2) is 4.79 Å². The summed E-state index contributed by atoms with van der Waals surface area (Å²) in [5.41, 5.74) is 2.48. The molecule has 2 aromatic rings. The third kappa shape index (κ3) is 5.65. The number of hydrogen-bond donors (Lipinski definition) is 3. The van der Waals surface area contributed by atoms with Gasteiger partial charge in [-0.1, -0.05) is 55.5 Å². The molecular formula is C21H26N4O3. The second-order valence-electron chi connectivity index (χ2n) is 6.36. The van der Waals surface area contributed by atoms with Crippen molar-refractivity contribution in [1.29, 1.82) is 0 Å². The molecule has 28 heavy (non-hydrogen) atoms. The SMILES string of the molecule is CCc1ccccc1NC(=O)CN(C)[C@H](C(=O)NC(=O)NC)c1ccccc1. The molecule has 0 bridgehead atoms. The van der Waals surface area contributed by atoms with Crippen molar-refractivity contribution in [3.05, 3.63) is 65.7 Å². The molecule has 7 nitrogen and oxygen atoms in total. The molecule has 0 aliphatic carbocycles. The maximum atomic E-state index is 12.6. The minimum absolute atomic E-state index is 0.0151. The smallest absolute Gasteiger partial charge is 0.321 e. The molecule has 7 heteroatoms. The Kier molecular flexibility index (Phi) is 7.71. The number of nitrogens with one attached hydrogen (secondary N) is 3. The van der Waals surface area contributed by atoms with Gasteiger partial charge >= 0.3 is 6.03 Å². The van der Waals surface area contributed by atoms with Crippen LogP contribution in [0.15, 0.2) is 54.6 Å². The summed E-state index contributed by atoms with van der Waals surface area (Å²) in [5.74, 6) is -0.744. The van der Waals surface area contributed by atoms with E-state index >= 15 is 0 Å². The number of urea groups is 1. The fourth-order valence-electron chi connectivity index (χ4n) is 2.94. The molecule has 4 amide bonds. The van der Waals surface area contributed by atoms with E-state index in [1.807, 2.05) is 37.3 Å². The number of amides is 4. The highest BCUT2D eigenvalue weighted by Crippen LogP contribution is 2.20. The number of nitrogens with zero attached hydrogens (tertiary/aromatic N) is 1. The van der Waals surface area contributed by atoms with Crippen LogP contribution >= 0.6 is 0 Å². The number of rotatable bonds is 7. The lowest BCUT2D eigenvalue weighted by Crippen LogP contribution is -2.46. The summed E-state index contributed by atoms with van der Waals surface area (Å²) in [6.45, 7) is 2.00. The van der Waals surface area contributed by atoms with Gasteiger partial charge in [0.15, 0.2) is 0 Å². The molecule has 148 valence electrons. The second kappa shape index (κ2) is 10.2. The van der Waals surface area contributed by atoms with E-state index in [1.165, 1.54) is 7.05 Å². The number of aryl methyl sites for hydroxylation is 1. The first-order valence-electron chi connectivity index (χ1n) is 9.11. The van der Waals surface area contributed by atoms with E-state index in [9.17, 15) is 14.4 Å². The molecular weight excluding hydrogens is 356 g/mol. The topological polar surface area (TPSA) is 90.5 Å².